The van der Waals surface area contributed by atoms with Crippen LogP contribution in [0.2, 0.25) is 0 Å². The van der Waals surface area contributed by atoms with E-state index in [-0.39, 0.29) is 22.8 Å². The van der Waals surface area contributed by atoms with Crippen LogP contribution in [-0.4, -0.2) is 30.7 Å². The summed E-state index contributed by atoms with van der Waals surface area (Å²) in [5, 5.41) is 36.7. The van der Waals surface area contributed by atoms with Crippen molar-refractivity contribution in [3.8, 4) is 5.69 Å². The summed E-state index contributed by atoms with van der Waals surface area (Å²) in [6, 6.07) is 3.74. The molecule has 0 fully saturated rings. The number of benzene rings is 1. The van der Waals surface area contributed by atoms with Gasteiger partial charge in [-0.05, 0) is 12.1 Å². The Morgan fingerprint density at radius 1 is 1.33 bits per heavy atom. The molecule has 1 heterocycles. The molecule has 3 N–H and O–H groups in total. The summed E-state index contributed by atoms with van der Waals surface area (Å²) in [5.74, 6) is -0.295. The van der Waals surface area contributed by atoms with Gasteiger partial charge in [-0.25, -0.2) is 4.68 Å². The molecule has 11 heteroatoms. The van der Waals surface area contributed by atoms with Crippen molar-refractivity contribution in [1.82, 2.24) is 9.78 Å². The van der Waals surface area contributed by atoms with Gasteiger partial charge in [0.05, 0.1) is 9.85 Å². The molecule has 0 amide bonds. The molecule has 0 saturated carbocycles. The summed E-state index contributed by atoms with van der Waals surface area (Å²) >= 11 is 0. The maximum absolute atomic E-state index is 11.1. The minimum absolute atomic E-state index is 0.0163. The highest BCUT2D eigenvalue weighted by atomic mass is 16.6. The maximum Gasteiger partial charge on any atom is 0.307 e. The van der Waals surface area contributed by atoms with Crippen LogP contribution >= 0.6 is 0 Å². The lowest BCUT2D eigenvalue weighted by Crippen LogP contribution is -2.14. The molecule has 0 aliphatic heterocycles. The molecule has 0 atom stereocenters. The molecule has 2 rings (SSSR count). The third-order valence-corrected chi connectivity index (χ3v) is 2.60. The Balaban J connectivity index is 2.57. The van der Waals surface area contributed by atoms with Crippen LogP contribution in [0.4, 0.5) is 11.4 Å². The van der Waals surface area contributed by atoms with Crippen molar-refractivity contribution in [2.24, 2.45) is 10.9 Å². The number of hydrogen-bond acceptors (Lipinski definition) is 7. The molecule has 21 heavy (non-hydrogen) atoms. The van der Waals surface area contributed by atoms with E-state index in [1.165, 1.54) is 12.1 Å². The van der Waals surface area contributed by atoms with Gasteiger partial charge < -0.3 is 10.9 Å². The molecule has 2 aromatic rings. The molecule has 0 unspecified atom stereocenters. The highest BCUT2D eigenvalue weighted by Gasteiger charge is 2.20. The lowest BCUT2D eigenvalue weighted by Gasteiger charge is -2.04. The number of nitrogens with zero attached hydrogens (tertiary/aromatic N) is 5. The molecular formula is C10H8N6O5. The fraction of sp³-hybridized carbons (Fsp3) is 0. The fourth-order valence-electron chi connectivity index (χ4n) is 1.62. The van der Waals surface area contributed by atoms with Crippen LogP contribution in [0, 0.1) is 20.2 Å². The molecule has 0 saturated heterocycles. The average molecular weight is 292 g/mol. The second-order valence-corrected chi connectivity index (χ2v) is 3.85. The van der Waals surface area contributed by atoms with E-state index in [0.717, 1.165) is 23.1 Å². The number of aromatic nitrogens is 2. The summed E-state index contributed by atoms with van der Waals surface area (Å²) in [7, 11) is 0. The van der Waals surface area contributed by atoms with Gasteiger partial charge in [-0.2, -0.15) is 5.10 Å². The van der Waals surface area contributed by atoms with Gasteiger partial charge in [-0.1, -0.05) is 5.16 Å². The molecule has 0 aliphatic rings. The highest BCUT2D eigenvalue weighted by molar-refractivity contribution is 5.98. The average Bonchev–Trinajstić information content (AvgIpc) is 2.95. The summed E-state index contributed by atoms with van der Waals surface area (Å²) in [5.41, 5.74) is 4.82. The summed E-state index contributed by atoms with van der Waals surface area (Å²) in [6.45, 7) is 0. The molecule has 1 aromatic heterocycles. The normalized spacial score (nSPS) is 11.3. The van der Waals surface area contributed by atoms with E-state index < -0.39 is 15.5 Å². The molecule has 11 nitrogen and oxygen atoms in total. The Morgan fingerprint density at radius 2 is 2.05 bits per heavy atom. The zero-order valence-electron chi connectivity index (χ0n) is 10.3. The standard InChI is InChI=1S/C10H8N6O5/c11-10(13-17)6-1-2-8(9(3-6)16(20)21)14-5-7(4-12-14)15(18)19/h1-5,17H,(H2,11,13). The van der Waals surface area contributed by atoms with Crippen LogP contribution in [-0.2, 0) is 0 Å². The Morgan fingerprint density at radius 3 is 2.57 bits per heavy atom. The van der Waals surface area contributed by atoms with E-state index in [4.69, 9.17) is 10.9 Å². The van der Waals surface area contributed by atoms with Crippen LogP contribution < -0.4 is 5.73 Å². The minimum Gasteiger partial charge on any atom is -0.409 e. The number of amidine groups is 1. The molecule has 0 radical (unpaired) electrons. The van der Waals surface area contributed by atoms with Gasteiger partial charge in [0.2, 0.25) is 0 Å². The third-order valence-electron chi connectivity index (χ3n) is 2.60. The molecular weight excluding hydrogens is 284 g/mol. The lowest BCUT2D eigenvalue weighted by atomic mass is 10.1. The highest BCUT2D eigenvalue weighted by Crippen LogP contribution is 2.25. The molecule has 0 spiro atoms. The monoisotopic (exact) mass is 292 g/mol. The van der Waals surface area contributed by atoms with Gasteiger partial charge in [0.25, 0.3) is 5.69 Å². The summed E-state index contributed by atoms with van der Waals surface area (Å²) in [4.78, 5) is 20.3. The Kier molecular flexibility index (Phi) is 3.47. The van der Waals surface area contributed by atoms with Gasteiger partial charge in [0.1, 0.15) is 18.1 Å². The van der Waals surface area contributed by atoms with Gasteiger partial charge in [-0.15, -0.1) is 0 Å². The van der Waals surface area contributed by atoms with Crippen molar-refractivity contribution in [3.05, 3.63) is 56.4 Å². The van der Waals surface area contributed by atoms with Crippen LogP contribution in [0.3, 0.4) is 0 Å². The molecule has 0 aliphatic carbocycles. The number of hydrogen-bond donors (Lipinski definition) is 2. The van der Waals surface area contributed by atoms with Gasteiger partial charge in [-0.3, -0.25) is 20.2 Å². The Labute approximate surface area is 116 Å². The first-order valence-electron chi connectivity index (χ1n) is 5.40. The quantitative estimate of drug-likeness (QED) is 0.276. The van der Waals surface area contributed by atoms with E-state index in [1.54, 1.807) is 0 Å². The van der Waals surface area contributed by atoms with Crippen molar-refractivity contribution in [2.45, 2.75) is 0 Å². The second-order valence-electron chi connectivity index (χ2n) is 3.85. The van der Waals surface area contributed by atoms with Crippen molar-refractivity contribution >= 4 is 17.2 Å². The van der Waals surface area contributed by atoms with E-state index in [1.807, 2.05) is 0 Å². The van der Waals surface area contributed by atoms with Gasteiger partial charge >= 0.3 is 5.69 Å². The summed E-state index contributed by atoms with van der Waals surface area (Å²) < 4.78 is 1.01. The zero-order valence-corrected chi connectivity index (χ0v) is 10.3. The Bertz CT molecular complexity index is 752. The van der Waals surface area contributed by atoms with Gasteiger partial charge in [0.15, 0.2) is 5.84 Å². The van der Waals surface area contributed by atoms with Crippen molar-refractivity contribution in [3.63, 3.8) is 0 Å². The van der Waals surface area contributed by atoms with Crippen molar-refractivity contribution in [2.75, 3.05) is 0 Å². The lowest BCUT2D eigenvalue weighted by molar-refractivity contribution is -0.385. The van der Waals surface area contributed by atoms with Crippen molar-refractivity contribution < 1.29 is 15.1 Å². The summed E-state index contributed by atoms with van der Waals surface area (Å²) in [6.07, 6.45) is 2.02. The van der Waals surface area contributed by atoms with E-state index in [2.05, 4.69) is 10.3 Å². The van der Waals surface area contributed by atoms with Crippen molar-refractivity contribution in [1.29, 1.82) is 0 Å². The molecule has 1 aromatic carbocycles. The van der Waals surface area contributed by atoms with E-state index >= 15 is 0 Å². The minimum atomic E-state index is -0.697. The van der Waals surface area contributed by atoms with Crippen LogP contribution in [0.5, 0.6) is 0 Å². The molecule has 108 valence electrons. The third kappa shape index (κ3) is 2.60. The largest absolute Gasteiger partial charge is 0.409 e. The van der Waals surface area contributed by atoms with Crippen LogP contribution in [0.25, 0.3) is 5.69 Å². The molecule has 0 bridgehead atoms. The number of nitro benzene ring substituents is 1. The number of oxime groups is 1. The van der Waals surface area contributed by atoms with E-state index in [9.17, 15) is 20.2 Å². The zero-order chi connectivity index (χ0) is 15.6. The maximum atomic E-state index is 11.1. The van der Waals surface area contributed by atoms with Gasteiger partial charge in [0, 0.05) is 11.6 Å². The smallest absolute Gasteiger partial charge is 0.307 e. The fourth-order valence-corrected chi connectivity index (χ4v) is 1.62. The van der Waals surface area contributed by atoms with Crippen LogP contribution in [0.15, 0.2) is 35.7 Å². The van der Waals surface area contributed by atoms with Crippen LogP contribution in [0.1, 0.15) is 5.56 Å². The predicted octanol–water partition coefficient (Wildman–Crippen LogP) is 0.783. The Hall–Kier alpha value is -3.50. The van der Waals surface area contributed by atoms with E-state index in [0.29, 0.717) is 0 Å². The first-order valence-corrected chi connectivity index (χ1v) is 5.40. The first kappa shape index (κ1) is 13.9. The number of nitro groups is 2. The first-order chi connectivity index (χ1) is 9.93. The topological polar surface area (TPSA) is 163 Å². The second kappa shape index (κ2) is 5.24. The predicted molar refractivity (Wildman–Crippen MR) is 69.4 cm³/mol. The number of rotatable bonds is 4. The number of nitrogens with two attached hydrogens (primary N) is 1. The SMILES string of the molecule is N/C(=N/O)c1ccc(-n2cc([N+](=O)[O-])cn2)c([N+](=O)[O-])c1.